The lowest BCUT2D eigenvalue weighted by Gasteiger charge is -2.15. The molecule has 0 aromatic heterocycles. The zero-order chi connectivity index (χ0) is 24.6. The Bertz CT molecular complexity index is 1390. The average Bonchev–Trinajstić information content (AvgIpc) is 2.95. The third kappa shape index (κ3) is 6.06. The minimum absolute atomic E-state index is 0.405. The summed E-state index contributed by atoms with van der Waals surface area (Å²) < 4.78 is 0. The number of aliphatic imine (C=N–C) groups is 1. The van der Waals surface area contributed by atoms with Gasteiger partial charge in [-0.3, -0.25) is 4.99 Å². The fourth-order valence-electron chi connectivity index (χ4n) is 4.42. The summed E-state index contributed by atoms with van der Waals surface area (Å²) >= 11 is 0. The molecule has 1 heteroatoms. The van der Waals surface area contributed by atoms with Crippen molar-refractivity contribution < 1.29 is 0 Å². The zero-order valence-electron chi connectivity index (χ0n) is 20.7. The fourth-order valence-corrected chi connectivity index (χ4v) is 4.42. The number of hydrogen-bond acceptors (Lipinski definition) is 1. The van der Waals surface area contributed by atoms with Crippen LogP contribution in [-0.4, -0.2) is 12.3 Å². The van der Waals surface area contributed by atoms with Gasteiger partial charge in [-0.1, -0.05) is 139 Å². The second-order valence-electron chi connectivity index (χ2n) is 9.29. The van der Waals surface area contributed by atoms with Crippen LogP contribution < -0.4 is 0 Å². The van der Waals surface area contributed by atoms with Crippen LogP contribution in [0.5, 0.6) is 0 Å². The molecule has 0 bridgehead atoms. The molecular formula is C35H31N. The van der Waals surface area contributed by atoms with Crippen molar-refractivity contribution >= 4 is 17.4 Å². The molecule has 1 nitrogen and oxygen atoms in total. The van der Waals surface area contributed by atoms with Gasteiger partial charge in [0.2, 0.25) is 0 Å². The predicted octanol–water partition coefficient (Wildman–Crippen LogP) is 8.82. The molecule has 1 aliphatic rings. The molecule has 0 N–H and O–H groups in total. The van der Waals surface area contributed by atoms with Crippen LogP contribution in [0.4, 0.5) is 0 Å². The van der Waals surface area contributed by atoms with Crippen LogP contribution in [0.15, 0.2) is 138 Å². The second kappa shape index (κ2) is 11.5. The van der Waals surface area contributed by atoms with E-state index in [2.05, 4.69) is 140 Å². The highest BCUT2D eigenvalue weighted by Gasteiger charge is 2.11. The van der Waals surface area contributed by atoms with E-state index in [0.29, 0.717) is 5.92 Å². The first-order valence-electron chi connectivity index (χ1n) is 12.6. The summed E-state index contributed by atoms with van der Waals surface area (Å²) in [4.78, 5) is 5.09. The minimum Gasteiger partial charge on any atom is -0.284 e. The smallest absolute Gasteiger partial charge is 0.0647 e. The third-order valence-electron chi connectivity index (χ3n) is 6.59. The first-order chi connectivity index (χ1) is 17.7. The van der Waals surface area contributed by atoms with Crippen LogP contribution in [0, 0.1) is 12.8 Å². The predicted molar refractivity (Wildman–Crippen MR) is 155 cm³/mol. The number of hydrogen-bond donors (Lipinski definition) is 0. The highest BCUT2D eigenvalue weighted by molar-refractivity contribution is 6.11. The topological polar surface area (TPSA) is 12.4 Å². The Morgan fingerprint density at radius 1 is 0.750 bits per heavy atom. The number of allylic oxidation sites excluding steroid dienone is 4. The van der Waals surface area contributed by atoms with Crippen molar-refractivity contribution in [1.82, 2.24) is 0 Å². The molecule has 176 valence electrons. The molecule has 4 aromatic carbocycles. The van der Waals surface area contributed by atoms with Gasteiger partial charge in [-0.2, -0.15) is 0 Å². The molecule has 1 aliphatic carbocycles. The maximum Gasteiger partial charge on any atom is 0.0647 e. The number of nitrogens with zero attached hydrogens (tertiary/aromatic N) is 1. The molecule has 36 heavy (non-hydrogen) atoms. The molecular weight excluding hydrogens is 434 g/mol. The van der Waals surface area contributed by atoms with Crippen molar-refractivity contribution in [3.05, 3.63) is 156 Å². The maximum atomic E-state index is 5.09. The molecule has 0 saturated carbocycles. The van der Waals surface area contributed by atoms with Gasteiger partial charge < -0.3 is 0 Å². The second-order valence-corrected chi connectivity index (χ2v) is 9.29. The van der Waals surface area contributed by atoms with E-state index >= 15 is 0 Å². The van der Waals surface area contributed by atoms with Crippen LogP contribution in [0.2, 0.25) is 0 Å². The van der Waals surface area contributed by atoms with Crippen molar-refractivity contribution in [2.75, 3.05) is 6.54 Å². The van der Waals surface area contributed by atoms with Crippen LogP contribution in [0.3, 0.4) is 0 Å². The number of benzene rings is 4. The average molecular weight is 466 g/mol. The summed E-state index contributed by atoms with van der Waals surface area (Å²) in [6.45, 7) is 2.89. The van der Waals surface area contributed by atoms with E-state index in [-0.39, 0.29) is 0 Å². The Morgan fingerprint density at radius 3 is 2.06 bits per heavy atom. The van der Waals surface area contributed by atoms with E-state index in [0.717, 1.165) is 24.2 Å². The highest BCUT2D eigenvalue weighted by atomic mass is 14.7. The van der Waals surface area contributed by atoms with E-state index in [1.54, 1.807) is 0 Å². The molecule has 0 saturated heterocycles. The monoisotopic (exact) mass is 465 g/mol. The molecule has 0 spiro atoms. The molecule has 0 amide bonds. The van der Waals surface area contributed by atoms with Crippen molar-refractivity contribution in [1.29, 1.82) is 0 Å². The SMILES string of the molecule is Cc1ccc(C2=CCC(C/N=C(\C=C\c3ccccc3)c3ccc(-c4ccccc4)cc3)C=C2)cc1. The Hall–Kier alpha value is -4.23. The molecule has 0 heterocycles. The Morgan fingerprint density at radius 2 is 1.39 bits per heavy atom. The summed E-state index contributed by atoms with van der Waals surface area (Å²) in [7, 11) is 0. The van der Waals surface area contributed by atoms with E-state index < -0.39 is 0 Å². The zero-order valence-corrected chi connectivity index (χ0v) is 20.7. The summed E-state index contributed by atoms with van der Waals surface area (Å²) in [5.74, 6) is 0.405. The summed E-state index contributed by atoms with van der Waals surface area (Å²) in [6, 6.07) is 38.4. The Kier molecular flexibility index (Phi) is 7.49. The number of aryl methyl sites for hydroxylation is 1. The quantitative estimate of drug-likeness (QED) is 0.242. The van der Waals surface area contributed by atoms with Gasteiger partial charge in [0, 0.05) is 12.5 Å². The Balaban J connectivity index is 1.34. The summed E-state index contributed by atoms with van der Waals surface area (Å²) in [5.41, 5.74) is 9.65. The molecule has 0 aliphatic heterocycles. The van der Waals surface area contributed by atoms with Crippen molar-refractivity contribution in [3.8, 4) is 11.1 Å². The van der Waals surface area contributed by atoms with Crippen LogP contribution in [0.25, 0.3) is 22.8 Å². The number of rotatable bonds is 7. The normalized spacial score (nSPS) is 15.8. The highest BCUT2D eigenvalue weighted by Crippen LogP contribution is 2.25. The van der Waals surface area contributed by atoms with E-state index in [9.17, 15) is 0 Å². The first kappa shape index (κ1) is 23.5. The fraction of sp³-hybridized carbons (Fsp3) is 0.114. The lowest BCUT2D eigenvalue weighted by atomic mass is 9.92. The molecule has 5 rings (SSSR count). The maximum absolute atomic E-state index is 5.09. The lowest BCUT2D eigenvalue weighted by Crippen LogP contribution is -2.07. The van der Waals surface area contributed by atoms with E-state index in [1.807, 2.05) is 6.07 Å². The van der Waals surface area contributed by atoms with Crippen LogP contribution >= 0.6 is 0 Å². The van der Waals surface area contributed by atoms with Crippen LogP contribution in [-0.2, 0) is 0 Å². The van der Waals surface area contributed by atoms with E-state index in [4.69, 9.17) is 4.99 Å². The lowest BCUT2D eigenvalue weighted by molar-refractivity contribution is 0.673. The largest absolute Gasteiger partial charge is 0.284 e. The summed E-state index contributed by atoms with van der Waals surface area (Å²) in [5, 5.41) is 0. The van der Waals surface area contributed by atoms with Gasteiger partial charge in [-0.05, 0) is 52.8 Å². The van der Waals surface area contributed by atoms with Crippen molar-refractivity contribution in [2.45, 2.75) is 13.3 Å². The van der Waals surface area contributed by atoms with Crippen molar-refractivity contribution in [2.24, 2.45) is 10.9 Å². The van der Waals surface area contributed by atoms with Gasteiger partial charge in [-0.15, -0.1) is 0 Å². The first-order valence-corrected chi connectivity index (χ1v) is 12.6. The standard InChI is InChI=1S/C35H31N/c1-27-12-17-31(18-13-27)32-19-14-29(15-20-32)26-36-35(25-16-28-8-4-2-5-9-28)34-23-21-33(22-24-34)30-10-6-3-7-11-30/h2-14,16-25,29H,15,26H2,1H3/b25-16+,36-35+. The summed E-state index contributed by atoms with van der Waals surface area (Å²) in [6.07, 6.45) is 12.2. The Labute approximate surface area is 214 Å². The van der Waals surface area contributed by atoms with Crippen molar-refractivity contribution in [3.63, 3.8) is 0 Å². The van der Waals surface area contributed by atoms with Gasteiger partial charge in [0.1, 0.15) is 0 Å². The van der Waals surface area contributed by atoms with Gasteiger partial charge in [-0.25, -0.2) is 0 Å². The molecule has 0 radical (unpaired) electrons. The molecule has 1 atom stereocenters. The van der Waals surface area contributed by atoms with Gasteiger partial charge >= 0.3 is 0 Å². The third-order valence-corrected chi connectivity index (χ3v) is 6.59. The van der Waals surface area contributed by atoms with E-state index in [1.165, 1.54) is 33.4 Å². The minimum atomic E-state index is 0.405. The van der Waals surface area contributed by atoms with Crippen LogP contribution in [0.1, 0.15) is 28.7 Å². The molecule has 1 unspecified atom stereocenters. The molecule has 4 aromatic rings. The van der Waals surface area contributed by atoms with Gasteiger partial charge in [0.05, 0.1) is 5.71 Å². The van der Waals surface area contributed by atoms with Gasteiger partial charge in [0.15, 0.2) is 0 Å². The molecule has 0 fully saturated rings. The van der Waals surface area contributed by atoms with Gasteiger partial charge in [0.25, 0.3) is 0 Å².